The predicted molar refractivity (Wildman–Crippen MR) is 141 cm³/mol. The van der Waals surface area contributed by atoms with Crippen molar-refractivity contribution in [3.63, 3.8) is 0 Å². The number of piperidine rings is 1. The molecule has 0 spiro atoms. The molecule has 1 aliphatic carbocycles. The molecule has 0 aromatic carbocycles. The van der Waals surface area contributed by atoms with E-state index in [9.17, 15) is 32.3 Å². The summed E-state index contributed by atoms with van der Waals surface area (Å²) in [5, 5.41) is 24.9. The number of aliphatic hydroxyl groups excluding tert-OH is 1. The molecule has 44 heavy (non-hydrogen) atoms. The number of nitrogens with zero attached hydrogens (tertiary/aromatic N) is 7. The molecule has 2 aliphatic heterocycles. The minimum atomic E-state index is -2.98. The quantitative estimate of drug-likeness (QED) is 0.390. The van der Waals surface area contributed by atoms with Crippen LogP contribution >= 0.6 is 0 Å². The number of carbonyl (C=O) groups is 2. The van der Waals surface area contributed by atoms with E-state index >= 15 is 0 Å². The van der Waals surface area contributed by atoms with E-state index in [1.54, 1.807) is 13.1 Å². The van der Waals surface area contributed by atoms with E-state index in [2.05, 4.69) is 35.3 Å². The molecule has 5 heterocycles. The molecule has 2 amide bonds. The lowest BCUT2D eigenvalue weighted by atomic mass is 9.81. The smallest absolute Gasteiger partial charge is 0.276 e. The summed E-state index contributed by atoms with van der Waals surface area (Å²) >= 11 is 0. The molecule has 3 fully saturated rings. The van der Waals surface area contributed by atoms with Crippen LogP contribution in [-0.4, -0.2) is 88.9 Å². The van der Waals surface area contributed by atoms with Crippen LogP contribution in [0.2, 0.25) is 0 Å². The molecule has 1 saturated carbocycles. The standard InChI is InChI=1S/C27H32F4N8O5/c1-14-21(37-44-36-14)23(41)35-22(15-2-6-26(28,29)7-3-15)18-12-39-25(34-18)33-17(11-32-39)19-10-16(40)5-9-38(19)24(42)20-4-8-27(30,31)13-43-20/h11-12,15-16,19-20,22,40H,2-10,13H2,1H3,(H,35,41)/t16-,19-,20-,22-/m0/s1. The van der Waals surface area contributed by atoms with Gasteiger partial charge in [-0.05, 0) is 50.1 Å². The summed E-state index contributed by atoms with van der Waals surface area (Å²) < 4.78 is 66.4. The Labute approximate surface area is 248 Å². The number of nitrogens with one attached hydrogen (secondary N) is 1. The summed E-state index contributed by atoms with van der Waals surface area (Å²) in [6.07, 6.45) is 0.682. The molecule has 6 rings (SSSR count). The number of rotatable bonds is 6. The van der Waals surface area contributed by atoms with Crippen LogP contribution in [0.25, 0.3) is 5.78 Å². The lowest BCUT2D eigenvalue weighted by Crippen LogP contribution is -2.50. The third-order valence-corrected chi connectivity index (χ3v) is 8.68. The van der Waals surface area contributed by atoms with Crippen LogP contribution < -0.4 is 5.32 Å². The van der Waals surface area contributed by atoms with Crippen LogP contribution in [0.3, 0.4) is 0 Å². The van der Waals surface area contributed by atoms with E-state index in [-0.39, 0.29) is 68.2 Å². The minimum absolute atomic E-state index is 0.0373. The lowest BCUT2D eigenvalue weighted by molar-refractivity contribution is -0.174. The first-order valence-corrected chi connectivity index (χ1v) is 14.6. The van der Waals surface area contributed by atoms with Crippen LogP contribution in [0.4, 0.5) is 17.6 Å². The van der Waals surface area contributed by atoms with Crippen LogP contribution in [0.15, 0.2) is 17.0 Å². The number of alkyl halides is 4. The summed E-state index contributed by atoms with van der Waals surface area (Å²) in [5.74, 6) is -7.07. The van der Waals surface area contributed by atoms with E-state index in [0.717, 1.165) is 0 Å². The van der Waals surface area contributed by atoms with Crippen LogP contribution in [0.1, 0.15) is 91.0 Å². The molecule has 3 aromatic rings. The zero-order valence-corrected chi connectivity index (χ0v) is 23.8. The van der Waals surface area contributed by atoms with Crippen molar-refractivity contribution in [2.45, 2.75) is 94.4 Å². The van der Waals surface area contributed by atoms with Gasteiger partial charge in [-0.1, -0.05) is 5.16 Å². The second-order valence-electron chi connectivity index (χ2n) is 11.9. The zero-order valence-electron chi connectivity index (χ0n) is 23.8. The number of hydrogen-bond acceptors (Lipinski definition) is 10. The Balaban J connectivity index is 1.27. The number of ether oxygens (including phenoxy) is 1. The van der Waals surface area contributed by atoms with Gasteiger partial charge in [0.05, 0.1) is 42.0 Å². The number of carbonyl (C=O) groups excluding carboxylic acids is 2. The molecule has 3 aliphatic rings. The molecule has 4 atom stereocenters. The van der Waals surface area contributed by atoms with Gasteiger partial charge in [0.15, 0.2) is 5.69 Å². The van der Waals surface area contributed by atoms with Gasteiger partial charge in [0.1, 0.15) is 18.4 Å². The van der Waals surface area contributed by atoms with Crippen LogP contribution in [0.5, 0.6) is 0 Å². The molecular formula is C27H32F4N8O5. The third-order valence-electron chi connectivity index (χ3n) is 8.68. The number of halogens is 4. The van der Waals surface area contributed by atoms with Gasteiger partial charge in [0.25, 0.3) is 23.5 Å². The maximum Gasteiger partial charge on any atom is 0.276 e. The largest absolute Gasteiger partial charge is 0.393 e. The first-order chi connectivity index (χ1) is 20.9. The molecular weight excluding hydrogens is 592 g/mol. The molecule has 0 radical (unpaired) electrons. The van der Waals surface area contributed by atoms with Crippen molar-refractivity contribution < 1.29 is 41.6 Å². The van der Waals surface area contributed by atoms with E-state index in [1.165, 1.54) is 15.6 Å². The van der Waals surface area contributed by atoms with Crippen molar-refractivity contribution in [3.8, 4) is 0 Å². The Morgan fingerprint density at radius 3 is 2.50 bits per heavy atom. The average Bonchev–Trinajstić information content (AvgIpc) is 3.61. The normalized spacial score (nSPS) is 26.4. The predicted octanol–water partition coefficient (Wildman–Crippen LogP) is 2.95. The van der Waals surface area contributed by atoms with Gasteiger partial charge in [-0.15, -0.1) is 0 Å². The number of likely N-dealkylation sites (tertiary alicyclic amines) is 1. The van der Waals surface area contributed by atoms with Crippen molar-refractivity contribution in [3.05, 3.63) is 35.2 Å². The number of fused-ring (bicyclic) bond motifs is 1. The number of hydrogen-bond donors (Lipinski definition) is 2. The van der Waals surface area contributed by atoms with Crippen molar-refractivity contribution in [2.75, 3.05) is 13.2 Å². The number of imidazole rings is 1. The van der Waals surface area contributed by atoms with Gasteiger partial charge in [0, 0.05) is 25.8 Å². The van der Waals surface area contributed by atoms with Crippen molar-refractivity contribution in [2.24, 2.45) is 5.92 Å². The first-order valence-electron chi connectivity index (χ1n) is 14.6. The Kier molecular flexibility index (Phi) is 8.02. The number of amides is 2. The van der Waals surface area contributed by atoms with Gasteiger partial charge in [-0.3, -0.25) is 9.59 Å². The van der Waals surface area contributed by atoms with Crippen molar-refractivity contribution >= 4 is 17.6 Å². The summed E-state index contributed by atoms with van der Waals surface area (Å²) in [6, 6.07) is -1.49. The number of aliphatic hydroxyl groups is 1. The highest BCUT2D eigenvalue weighted by Gasteiger charge is 2.43. The molecule has 13 nitrogen and oxygen atoms in total. The fourth-order valence-electron chi connectivity index (χ4n) is 6.18. The summed E-state index contributed by atoms with van der Waals surface area (Å²) in [6.45, 7) is 0.883. The highest BCUT2D eigenvalue weighted by Crippen LogP contribution is 2.41. The summed E-state index contributed by atoms with van der Waals surface area (Å²) in [4.78, 5) is 37.1. The van der Waals surface area contributed by atoms with E-state index < -0.39 is 61.0 Å². The van der Waals surface area contributed by atoms with E-state index in [0.29, 0.717) is 17.8 Å². The Bertz CT molecular complexity index is 1510. The zero-order chi connectivity index (χ0) is 31.2. The van der Waals surface area contributed by atoms with Gasteiger partial charge in [-0.2, -0.15) is 5.10 Å². The summed E-state index contributed by atoms with van der Waals surface area (Å²) in [5.41, 5.74) is 0.892. The first kappa shape index (κ1) is 30.3. The second-order valence-corrected chi connectivity index (χ2v) is 11.9. The molecule has 3 aromatic heterocycles. The second kappa shape index (κ2) is 11.6. The molecule has 17 heteroatoms. The fourth-order valence-corrected chi connectivity index (χ4v) is 6.18. The average molecular weight is 625 g/mol. The minimum Gasteiger partial charge on any atom is -0.393 e. The Morgan fingerprint density at radius 1 is 1.07 bits per heavy atom. The highest BCUT2D eigenvalue weighted by molar-refractivity contribution is 5.93. The summed E-state index contributed by atoms with van der Waals surface area (Å²) in [7, 11) is 0. The van der Waals surface area contributed by atoms with Crippen molar-refractivity contribution in [1.82, 2.24) is 40.1 Å². The van der Waals surface area contributed by atoms with Crippen molar-refractivity contribution in [1.29, 1.82) is 0 Å². The maximum atomic E-state index is 14.0. The van der Waals surface area contributed by atoms with Gasteiger partial charge >= 0.3 is 0 Å². The molecule has 0 bridgehead atoms. The molecule has 2 saturated heterocycles. The molecule has 2 N–H and O–H groups in total. The van der Waals surface area contributed by atoms with Gasteiger partial charge in [0.2, 0.25) is 5.92 Å². The maximum absolute atomic E-state index is 14.0. The lowest BCUT2D eigenvalue weighted by Gasteiger charge is -2.40. The molecule has 0 unspecified atom stereocenters. The van der Waals surface area contributed by atoms with Gasteiger partial charge in [-0.25, -0.2) is 36.7 Å². The number of aryl methyl sites for hydroxylation is 1. The van der Waals surface area contributed by atoms with Crippen LogP contribution in [0, 0.1) is 12.8 Å². The van der Waals surface area contributed by atoms with E-state index in [1.807, 2.05) is 0 Å². The van der Waals surface area contributed by atoms with Crippen LogP contribution in [-0.2, 0) is 9.53 Å². The van der Waals surface area contributed by atoms with Gasteiger partial charge < -0.3 is 20.1 Å². The SMILES string of the molecule is Cc1nonc1C(=O)N[C@H](c1cn2ncc([C@@H]3C[C@@H](O)CCN3C(=O)[C@@H]3CCC(F)(F)CO3)nc2n1)C1CCC(F)(F)CC1. The topological polar surface area (TPSA) is 161 Å². The number of aromatic nitrogens is 6. The Morgan fingerprint density at radius 2 is 1.82 bits per heavy atom. The third kappa shape index (κ3) is 6.24. The monoisotopic (exact) mass is 624 g/mol. The fraction of sp³-hybridized carbons (Fsp3) is 0.667. The Hall–Kier alpha value is -3.73. The molecule has 238 valence electrons. The van der Waals surface area contributed by atoms with E-state index in [4.69, 9.17) is 4.74 Å². The highest BCUT2D eigenvalue weighted by atomic mass is 19.3.